The van der Waals surface area contributed by atoms with E-state index in [1.165, 1.54) is 5.56 Å². The van der Waals surface area contributed by atoms with Crippen LogP contribution in [0.4, 0.5) is 0 Å². The summed E-state index contributed by atoms with van der Waals surface area (Å²) in [7, 11) is 2.08. The number of likely N-dealkylation sites (N-methyl/N-ethyl adjacent to an activating group) is 1. The van der Waals surface area contributed by atoms with Crippen LogP contribution >= 0.6 is 12.4 Å². The zero-order valence-electron chi connectivity index (χ0n) is 11.5. The molecule has 0 aromatic heterocycles. The third-order valence-electron chi connectivity index (χ3n) is 3.56. The molecule has 4 heteroatoms. The number of halogens is 1. The number of rotatable bonds is 3. The summed E-state index contributed by atoms with van der Waals surface area (Å²) < 4.78 is 5.60. The lowest BCUT2D eigenvalue weighted by Gasteiger charge is -2.36. The first kappa shape index (κ1) is 16.0. The van der Waals surface area contributed by atoms with Crippen molar-refractivity contribution in [3.63, 3.8) is 0 Å². The van der Waals surface area contributed by atoms with Gasteiger partial charge in [-0.1, -0.05) is 37.3 Å². The van der Waals surface area contributed by atoms with Crippen molar-refractivity contribution in [3.8, 4) is 0 Å². The Balaban J connectivity index is 0.00000180. The Morgan fingerprint density at radius 3 is 2.68 bits per heavy atom. The largest absolute Gasteiger partial charge is 0.460 e. The van der Waals surface area contributed by atoms with Crippen LogP contribution < -0.4 is 0 Å². The molecule has 0 saturated carbocycles. The molecule has 1 heterocycles. The van der Waals surface area contributed by atoms with E-state index in [1.807, 2.05) is 25.1 Å². The highest BCUT2D eigenvalue weighted by molar-refractivity contribution is 5.85. The monoisotopic (exact) mass is 283 g/mol. The molecule has 19 heavy (non-hydrogen) atoms. The molecule has 0 amide bonds. The fraction of sp³-hybridized carbons (Fsp3) is 0.533. The number of hydrogen-bond donors (Lipinski definition) is 0. The molecule has 0 spiro atoms. The average Bonchev–Trinajstić information content (AvgIpc) is 2.40. The van der Waals surface area contributed by atoms with Crippen molar-refractivity contribution in [3.05, 3.63) is 35.9 Å². The maximum absolute atomic E-state index is 11.5. The molecule has 1 aromatic rings. The highest BCUT2D eigenvalue weighted by Crippen LogP contribution is 2.30. The smallest absolute Gasteiger partial charge is 0.305 e. The number of esters is 1. The van der Waals surface area contributed by atoms with E-state index >= 15 is 0 Å². The van der Waals surface area contributed by atoms with Gasteiger partial charge in [-0.05, 0) is 25.6 Å². The van der Waals surface area contributed by atoms with Crippen LogP contribution in [0.1, 0.15) is 31.2 Å². The number of carbonyl (C=O) groups is 1. The van der Waals surface area contributed by atoms with E-state index in [1.54, 1.807) is 0 Å². The van der Waals surface area contributed by atoms with Gasteiger partial charge in [-0.25, -0.2) is 0 Å². The van der Waals surface area contributed by atoms with Crippen molar-refractivity contribution >= 4 is 18.4 Å². The molecule has 0 radical (unpaired) electrons. The molecule has 3 nitrogen and oxygen atoms in total. The predicted molar refractivity (Wildman–Crippen MR) is 78.7 cm³/mol. The molecule has 0 unspecified atom stereocenters. The van der Waals surface area contributed by atoms with Crippen molar-refractivity contribution < 1.29 is 9.53 Å². The number of hydrogen-bond acceptors (Lipinski definition) is 3. The molecule has 1 aliphatic heterocycles. The van der Waals surface area contributed by atoms with Gasteiger partial charge in [0.25, 0.3) is 0 Å². The summed E-state index contributed by atoms with van der Waals surface area (Å²) >= 11 is 0. The van der Waals surface area contributed by atoms with Gasteiger partial charge in [0, 0.05) is 18.9 Å². The zero-order chi connectivity index (χ0) is 13.0. The average molecular weight is 284 g/mol. The first-order valence-electron chi connectivity index (χ1n) is 6.63. The van der Waals surface area contributed by atoms with Crippen LogP contribution in [0.5, 0.6) is 0 Å². The first-order chi connectivity index (χ1) is 8.70. The number of nitrogens with zero attached hydrogens (tertiary/aromatic N) is 1. The summed E-state index contributed by atoms with van der Waals surface area (Å²) in [6.07, 6.45) is 1.47. The Kier molecular flexibility index (Phi) is 6.32. The van der Waals surface area contributed by atoms with Gasteiger partial charge in [-0.3, -0.25) is 4.79 Å². The van der Waals surface area contributed by atoms with Crippen molar-refractivity contribution in [2.24, 2.45) is 0 Å². The zero-order valence-corrected chi connectivity index (χ0v) is 12.4. The standard InChI is InChI=1S/C15H21NO2.ClH/c1-3-15(17)18-14-11-16(2)10-9-13(14)12-7-5-4-6-8-12;/h4-8,13-14H,3,9-11H2,1-2H3;1H/t13-,14-;/m0./s1. The normalized spacial score (nSPS) is 23.5. The highest BCUT2D eigenvalue weighted by Gasteiger charge is 2.31. The van der Waals surface area contributed by atoms with Gasteiger partial charge >= 0.3 is 5.97 Å². The van der Waals surface area contributed by atoms with Crippen LogP contribution in [0.25, 0.3) is 0 Å². The van der Waals surface area contributed by atoms with E-state index in [0.717, 1.165) is 19.5 Å². The summed E-state index contributed by atoms with van der Waals surface area (Å²) in [5.74, 6) is 0.231. The van der Waals surface area contributed by atoms with Crippen LogP contribution in [0, 0.1) is 0 Å². The number of ether oxygens (including phenoxy) is 1. The van der Waals surface area contributed by atoms with Gasteiger partial charge in [0.05, 0.1) is 0 Å². The lowest BCUT2D eigenvalue weighted by molar-refractivity contribution is -0.152. The summed E-state index contributed by atoms with van der Waals surface area (Å²) in [6.45, 7) is 3.72. The summed E-state index contributed by atoms with van der Waals surface area (Å²) in [6, 6.07) is 10.4. The SMILES string of the molecule is CCC(=O)O[C@H]1CN(C)CC[C@H]1c1ccccc1.Cl. The molecule has 1 fully saturated rings. The lowest BCUT2D eigenvalue weighted by atomic mass is 9.87. The van der Waals surface area contributed by atoms with E-state index in [9.17, 15) is 4.79 Å². The molecule has 1 saturated heterocycles. The van der Waals surface area contributed by atoms with Crippen LogP contribution in [-0.4, -0.2) is 37.1 Å². The Hall–Kier alpha value is -1.06. The maximum atomic E-state index is 11.5. The fourth-order valence-electron chi connectivity index (χ4n) is 2.52. The Bertz CT molecular complexity index is 396. The second-order valence-corrected chi connectivity index (χ2v) is 4.95. The van der Waals surface area contributed by atoms with E-state index in [2.05, 4.69) is 24.1 Å². The van der Waals surface area contributed by atoms with Crippen LogP contribution in [0.2, 0.25) is 0 Å². The molecule has 2 rings (SSSR count). The van der Waals surface area contributed by atoms with Crippen molar-refractivity contribution in [2.45, 2.75) is 31.8 Å². The predicted octanol–water partition coefficient (Wildman–Crippen LogP) is 2.85. The third-order valence-corrected chi connectivity index (χ3v) is 3.56. The van der Waals surface area contributed by atoms with Crippen LogP contribution in [0.15, 0.2) is 30.3 Å². The summed E-state index contributed by atoms with van der Waals surface area (Å²) in [5.41, 5.74) is 1.28. The maximum Gasteiger partial charge on any atom is 0.305 e. The topological polar surface area (TPSA) is 29.5 Å². The summed E-state index contributed by atoms with van der Waals surface area (Å²) in [4.78, 5) is 13.8. The fourth-order valence-corrected chi connectivity index (χ4v) is 2.52. The highest BCUT2D eigenvalue weighted by atomic mass is 35.5. The van der Waals surface area contributed by atoms with Crippen LogP contribution in [0.3, 0.4) is 0 Å². The molecule has 1 aliphatic rings. The van der Waals surface area contributed by atoms with E-state index < -0.39 is 0 Å². The Morgan fingerprint density at radius 2 is 2.05 bits per heavy atom. The number of benzene rings is 1. The quantitative estimate of drug-likeness (QED) is 0.799. The number of likely N-dealkylation sites (tertiary alicyclic amines) is 1. The van der Waals surface area contributed by atoms with Gasteiger partial charge in [0.15, 0.2) is 0 Å². The molecule has 0 bridgehead atoms. The number of piperidine rings is 1. The molecule has 0 aliphatic carbocycles. The second kappa shape index (κ2) is 7.51. The van der Waals surface area contributed by atoms with Crippen molar-refractivity contribution in [1.82, 2.24) is 4.90 Å². The van der Waals surface area contributed by atoms with Crippen molar-refractivity contribution in [2.75, 3.05) is 20.1 Å². The Morgan fingerprint density at radius 1 is 1.37 bits per heavy atom. The van der Waals surface area contributed by atoms with Gasteiger partial charge in [-0.15, -0.1) is 12.4 Å². The second-order valence-electron chi connectivity index (χ2n) is 4.95. The third kappa shape index (κ3) is 4.22. The van der Waals surface area contributed by atoms with E-state index in [4.69, 9.17) is 4.74 Å². The van der Waals surface area contributed by atoms with E-state index in [-0.39, 0.29) is 24.5 Å². The molecular weight excluding hydrogens is 262 g/mol. The minimum Gasteiger partial charge on any atom is -0.460 e. The molecule has 106 valence electrons. The van der Waals surface area contributed by atoms with Crippen molar-refractivity contribution in [1.29, 1.82) is 0 Å². The molecule has 0 N–H and O–H groups in total. The molecular formula is C15H22ClNO2. The van der Waals surface area contributed by atoms with E-state index in [0.29, 0.717) is 12.3 Å². The van der Waals surface area contributed by atoms with Gasteiger partial charge in [0.1, 0.15) is 6.10 Å². The van der Waals surface area contributed by atoms with Crippen LogP contribution in [-0.2, 0) is 9.53 Å². The minimum atomic E-state index is -0.101. The minimum absolute atomic E-state index is 0. The lowest BCUT2D eigenvalue weighted by Crippen LogP contribution is -2.43. The first-order valence-corrected chi connectivity index (χ1v) is 6.63. The number of carbonyl (C=O) groups excluding carboxylic acids is 1. The molecule has 1 aromatic carbocycles. The van der Waals surface area contributed by atoms with Gasteiger partial charge < -0.3 is 9.64 Å². The molecule has 2 atom stereocenters. The Labute approximate surface area is 121 Å². The summed E-state index contributed by atoms with van der Waals surface area (Å²) in [5, 5.41) is 0. The van der Waals surface area contributed by atoms with Gasteiger partial charge in [-0.2, -0.15) is 0 Å². The van der Waals surface area contributed by atoms with Gasteiger partial charge in [0.2, 0.25) is 0 Å².